The Bertz CT molecular complexity index is 957. The number of imidazole rings is 1. The smallest absolute Gasteiger partial charge is 0.250 e. The molecule has 0 aliphatic heterocycles. The predicted octanol–water partition coefficient (Wildman–Crippen LogP) is 3.67. The van der Waals surface area contributed by atoms with Crippen LogP contribution in [0.1, 0.15) is 12.5 Å². The topological polar surface area (TPSA) is 99.6 Å². The van der Waals surface area contributed by atoms with Gasteiger partial charge in [-0.3, -0.25) is 4.79 Å². The number of halogens is 1. The average Bonchev–Trinajstić information content (AvgIpc) is 3.07. The Balaban J connectivity index is 1.55. The number of hydrogen-bond donors (Lipinski definition) is 3. The van der Waals surface area contributed by atoms with E-state index in [4.69, 9.17) is 4.74 Å². The number of aromatic nitrogens is 2. The summed E-state index contributed by atoms with van der Waals surface area (Å²) in [6.07, 6.45) is 1.48. The monoisotopic (exact) mass is 448 g/mol. The molecule has 27 heavy (non-hydrogen) atoms. The Labute approximate surface area is 168 Å². The Morgan fingerprint density at radius 2 is 2.26 bits per heavy atom. The highest BCUT2D eigenvalue weighted by molar-refractivity contribution is 9.10. The molecular formula is C18H17BrN4O3S. The minimum absolute atomic E-state index is 0.0280. The number of benzene rings is 2. The Morgan fingerprint density at radius 1 is 1.44 bits per heavy atom. The molecule has 0 atom stereocenters. The number of hydrogen-bond acceptors (Lipinski definition) is 6. The SMILES string of the molecule is CCOc1cc(/C=N\NC(=O)CSc2nc3ccccc3[nH]2)cc(Br)c1O. The second kappa shape index (κ2) is 8.92. The van der Waals surface area contributed by atoms with Crippen molar-refractivity contribution in [2.45, 2.75) is 12.1 Å². The lowest BCUT2D eigenvalue weighted by atomic mass is 10.2. The number of amides is 1. The summed E-state index contributed by atoms with van der Waals surface area (Å²) in [5, 5.41) is 14.5. The first kappa shape index (κ1) is 19.2. The first-order chi connectivity index (χ1) is 13.1. The van der Waals surface area contributed by atoms with E-state index >= 15 is 0 Å². The van der Waals surface area contributed by atoms with Gasteiger partial charge >= 0.3 is 0 Å². The molecule has 0 fully saturated rings. The molecule has 1 aromatic heterocycles. The number of rotatable bonds is 7. The molecule has 3 N–H and O–H groups in total. The number of carbonyl (C=O) groups excluding carboxylic acids is 1. The van der Waals surface area contributed by atoms with Crippen LogP contribution in [-0.4, -0.2) is 39.6 Å². The quantitative estimate of drug-likeness (QED) is 0.290. The van der Waals surface area contributed by atoms with Gasteiger partial charge in [-0.05, 0) is 52.7 Å². The highest BCUT2D eigenvalue weighted by atomic mass is 79.9. The summed E-state index contributed by atoms with van der Waals surface area (Å²) in [6, 6.07) is 11.0. The van der Waals surface area contributed by atoms with Crippen molar-refractivity contribution in [2.75, 3.05) is 12.4 Å². The van der Waals surface area contributed by atoms with Crippen LogP contribution in [0.25, 0.3) is 11.0 Å². The summed E-state index contributed by atoms with van der Waals surface area (Å²) < 4.78 is 5.84. The van der Waals surface area contributed by atoms with Crippen LogP contribution in [0, 0.1) is 0 Å². The fraction of sp³-hybridized carbons (Fsp3) is 0.167. The standard InChI is InChI=1S/C18H17BrN4O3S/c1-2-26-15-8-11(7-12(19)17(15)25)9-20-23-16(24)10-27-18-21-13-5-3-4-6-14(13)22-18/h3-9,25H,2,10H2,1H3,(H,21,22)(H,23,24)/b20-9-. The lowest BCUT2D eigenvalue weighted by Gasteiger charge is -2.08. The van der Waals surface area contributed by atoms with Crippen LogP contribution in [0.2, 0.25) is 0 Å². The van der Waals surface area contributed by atoms with Crippen molar-refractivity contribution in [3.8, 4) is 11.5 Å². The molecular weight excluding hydrogens is 432 g/mol. The minimum atomic E-state index is -0.250. The van der Waals surface area contributed by atoms with Gasteiger partial charge in [0.25, 0.3) is 5.91 Å². The number of aromatic amines is 1. The molecule has 0 spiro atoms. The number of phenols is 1. The molecule has 1 amide bonds. The zero-order valence-electron chi connectivity index (χ0n) is 14.4. The Kier molecular flexibility index (Phi) is 6.36. The Hall–Kier alpha value is -2.52. The number of nitrogens with zero attached hydrogens (tertiary/aromatic N) is 2. The van der Waals surface area contributed by atoms with E-state index in [1.54, 1.807) is 12.1 Å². The molecule has 0 radical (unpaired) electrons. The number of H-pyrrole nitrogens is 1. The van der Waals surface area contributed by atoms with Gasteiger partial charge < -0.3 is 14.8 Å². The minimum Gasteiger partial charge on any atom is -0.503 e. The number of thioether (sulfide) groups is 1. The highest BCUT2D eigenvalue weighted by Crippen LogP contribution is 2.35. The number of aromatic hydroxyl groups is 1. The third-order valence-corrected chi connectivity index (χ3v) is 4.94. The largest absolute Gasteiger partial charge is 0.503 e. The third-order valence-electron chi connectivity index (χ3n) is 3.46. The normalized spacial score (nSPS) is 11.2. The molecule has 0 bridgehead atoms. The van der Waals surface area contributed by atoms with Gasteiger partial charge in [-0.25, -0.2) is 10.4 Å². The maximum Gasteiger partial charge on any atom is 0.250 e. The maximum absolute atomic E-state index is 12.0. The number of nitrogens with one attached hydrogen (secondary N) is 2. The number of para-hydroxylation sites is 2. The van der Waals surface area contributed by atoms with E-state index in [1.165, 1.54) is 18.0 Å². The van der Waals surface area contributed by atoms with E-state index < -0.39 is 0 Å². The molecule has 9 heteroatoms. The van der Waals surface area contributed by atoms with Gasteiger partial charge in [0, 0.05) is 0 Å². The van der Waals surface area contributed by atoms with E-state index in [0.717, 1.165) is 11.0 Å². The fourth-order valence-electron chi connectivity index (χ4n) is 2.28. The van der Waals surface area contributed by atoms with E-state index in [-0.39, 0.29) is 17.4 Å². The lowest BCUT2D eigenvalue weighted by Crippen LogP contribution is -2.19. The van der Waals surface area contributed by atoms with E-state index in [2.05, 4.69) is 36.4 Å². The molecule has 0 saturated carbocycles. The van der Waals surface area contributed by atoms with Crippen LogP contribution in [0.3, 0.4) is 0 Å². The number of fused-ring (bicyclic) bond motifs is 1. The van der Waals surface area contributed by atoms with Crippen LogP contribution in [0.4, 0.5) is 0 Å². The summed E-state index contributed by atoms with van der Waals surface area (Å²) in [5.41, 5.74) is 4.94. The molecule has 0 aliphatic rings. The summed E-state index contributed by atoms with van der Waals surface area (Å²) in [4.78, 5) is 19.5. The van der Waals surface area contributed by atoms with Crippen molar-refractivity contribution >= 4 is 50.8 Å². The average molecular weight is 449 g/mol. The molecule has 140 valence electrons. The van der Waals surface area contributed by atoms with Crippen molar-refractivity contribution in [1.29, 1.82) is 0 Å². The third kappa shape index (κ3) is 5.01. The molecule has 0 unspecified atom stereocenters. The molecule has 1 heterocycles. The summed E-state index contributed by atoms with van der Waals surface area (Å²) in [6.45, 7) is 2.25. The maximum atomic E-state index is 12.0. The molecule has 3 rings (SSSR count). The van der Waals surface area contributed by atoms with Crippen LogP contribution < -0.4 is 10.2 Å². The van der Waals surface area contributed by atoms with E-state index in [0.29, 0.717) is 27.5 Å². The van der Waals surface area contributed by atoms with E-state index in [1.807, 2.05) is 31.2 Å². The number of carbonyl (C=O) groups is 1. The highest BCUT2D eigenvalue weighted by Gasteiger charge is 2.09. The number of phenolic OH excluding ortho intramolecular Hbond substituents is 1. The fourth-order valence-corrected chi connectivity index (χ4v) is 3.41. The Morgan fingerprint density at radius 3 is 3.04 bits per heavy atom. The summed E-state index contributed by atoms with van der Waals surface area (Å²) in [7, 11) is 0. The van der Waals surface area contributed by atoms with Crippen molar-refractivity contribution in [2.24, 2.45) is 5.10 Å². The van der Waals surface area contributed by atoms with Gasteiger partial charge in [0.1, 0.15) is 0 Å². The second-order valence-corrected chi connectivity index (χ2v) is 7.24. The lowest BCUT2D eigenvalue weighted by molar-refractivity contribution is -0.118. The van der Waals surface area contributed by atoms with Gasteiger partial charge in [-0.15, -0.1) is 0 Å². The van der Waals surface area contributed by atoms with Crippen molar-refractivity contribution < 1.29 is 14.6 Å². The second-order valence-electron chi connectivity index (χ2n) is 5.42. The van der Waals surface area contributed by atoms with Crippen molar-refractivity contribution in [3.05, 3.63) is 46.4 Å². The van der Waals surface area contributed by atoms with Crippen LogP contribution in [-0.2, 0) is 4.79 Å². The zero-order valence-corrected chi connectivity index (χ0v) is 16.8. The first-order valence-corrected chi connectivity index (χ1v) is 9.89. The van der Waals surface area contributed by atoms with Gasteiger partial charge in [0.05, 0.1) is 34.1 Å². The number of hydrazone groups is 1. The molecule has 2 aromatic carbocycles. The van der Waals surface area contributed by atoms with Gasteiger partial charge in [0.15, 0.2) is 16.7 Å². The zero-order chi connectivity index (χ0) is 19.2. The van der Waals surface area contributed by atoms with Gasteiger partial charge in [0.2, 0.25) is 0 Å². The van der Waals surface area contributed by atoms with Crippen molar-refractivity contribution in [1.82, 2.24) is 15.4 Å². The van der Waals surface area contributed by atoms with Crippen LogP contribution >= 0.6 is 27.7 Å². The van der Waals surface area contributed by atoms with Crippen LogP contribution in [0.15, 0.2) is 51.1 Å². The predicted molar refractivity (Wildman–Crippen MR) is 110 cm³/mol. The summed E-state index contributed by atoms with van der Waals surface area (Å²) in [5.74, 6) is 0.306. The van der Waals surface area contributed by atoms with Gasteiger partial charge in [-0.2, -0.15) is 5.10 Å². The van der Waals surface area contributed by atoms with Crippen LogP contribution in [0.5, 0.6) is 11.5 Å². The number of ether oxygens (including phenoxy) is 1. The molecule has 0 saturated heterocycles. The first-order valence-electron chi connectivity index (χ1n) is 8.11. The molecule has 7 nitrogen and oxygen atoms in total. The molecule has 0 aliphatic carbocycles. The molecule has 3 aromatic rings. The van der Waals surface area contributed by atoms with Gasteiger partial charge in [-0.1, -0.05) is 23.9 Å². The van der Waals surface area contributed by atoms with E-state index in [9.17, 15) is 9.90 Å². The summed E-state index contributed by atoms with van der Waals surface area (Å²) >= 11 is 4.56. The van der Waals surface area contributed by atoms with Crippen molar-refractivity contribution in [3.63, 3.8) is 0 Å².